The molecule has 0 radical (unpaired) electrons. The van der Waals surface area contributed by atoms with Crippen molar-refractivity contribution in [3.8, 4) is 6.07 Å². The highest BCUT2D eigenvalue weighted by atomic mass is 19.1. The van der Waals surface area contributed by atoms with Gasteiger partial charge in [-0.15, -0.1) is 0 Å². The van der Waals surface area contributed by atoms with Crippen molar-refractivity contribution in [3.05, 3.63) is 41.7 Å². The molecule has 0 unspecified atom stereocenters. The highest BCUT2D eigenvalue weighted by Crippen LogP contribution is 2.16. The number of benzene rings is 1. The monoisotopic (exact) mass is 245 g/mol. The lowest BCUT2D eigenvalue weighted by Crippen LogP contribution is -2.09. The minimum atomic E-state index is -0.422. The maximum absolute atomic E-state index is 13.0. The molecule has 18 heavy (non-hydrogen) atoms. The molecule has 0 saturated carbocycles. The third-order valence-electron chi connectivity index (χ3n) is 2.53. The van der Waals surface area contributed by atoms with Crippen molar-refractivity contribution >= 4 is 5.69 Å². The average molecular weight is 245 g/mol. The molecule has 0 fully saturated rings. The van der Waals surface area contributed by atoms with Gasteiger partial charge >= 0.3 is 0 Å². The molecule has 0 spiro atoms. The molecule has 92 valence electrons. The van der Waals surface area contributed by atoms with Gasteiger partial charge in [0.05, 0.1) is 17.8 Å². The lowest BCUT2D eigenvalue weighted by Gasteiger charge is -2.08. The van der Waals surface area contributed by atoms with Crippen LogP contribution in [-0.4, -0.2) is 14.8 Å². The van der Waals surface area contributed by atoms with Gasteiger partial charge < -0.3 is 5.32 Å². The summed E-state index contributed by atoms with van der Waals surface area (Å²) < 4.78 is 14.7. The largest absolute Gasteiger partial charge is 0.377 e. The van der Waals surface area contributed by atoms with E-state index in [0.29, 0.717) is 12.2 Å². The van der Waals surface area contributed by atoms with Crippen molar-refractivity contribution < 1.29 is 4.39 Å². The van der Waals surface area contributed by atoms with Crippen LogP contribution in [0.4, 0.5) is 10.1 Å². The van der Waals surface area contributed by atoms with E-state index in [2.05, 4.69) is 15.4 Å². The van der Waals surface area contributed by atoms with Crippen LogP contribution < -0.4 is 5.32 Å². The van der Waals surface area contributed by atoms with Crippen LogP contribution in [0.1, 0.15) is 18.3 Å². The van der Waals surface area contributed by atoms with E-state index in [1.165, 1.54) is 18.5 Å². The van der Waals surface area contributed by atoms with Crippen molar-refractivity contribution in [3.63, 3.8) is 0 Å². The van der Waals surface area contributed by atoms with Crippen LogP contribution >= 0.6 is 0 Å². The van der Waals surface area contributed by atoms with Crippen molar-refractivity contribution in [1.29, 1.82) is 5.26 Å². The molecule has 0 aliphatic rings. The standard InChI is InChI=1S/C12H12FN5/c1-2-18-12(16-8-17-18)7-15-11-4-3-10(13)5-9(11)6-14/h3-5,8,15H,2,7H2,1H3. The van der Waals surface area contributed by atoms with Gasteiger partial charge in [-0.1, -0.05) is 0 Å². The molecule has 1 heterocycles. The second-order valence-electron chi connectivity index (χ2n) is 3.65. The molecule has 0 saturated heterocycles. The number of nitrogens with zero attached hydrogens (tertiary/aromatic N) is 4. The summed E-state index contributed by atoms with van der Waals surface area (Å²) in [6.45, 7) is 3.14. The van der Waals surface area contributed by atoms with Gasteiger partial charge in [0.25, 0.3) is 0 Å². The number of nitriles is 1. The van der Waals surface area contributed by atoms with Crippen molar-refractivity contribution in [1.82, 2.24) is 14.8 Å². The maximum Gasteiger partial charge on any atom is 0.146 e. The van der Waals surface area contributed by atoms with E-state index in [1.807, 2.05) is 13.0 Å². The highest BCUT2D eigenvalue weighted by Gasteiger charge is 2.06. The number of aromatic nitrogens is 3. The fourth-order valence-corrected chi connectivity index (χ4v) is 1.63. The molecule has 1 aromatic heterocycles. The number of hydrogen-bond donors (Lipinski definition) is 1. The fourth-order valence-electron chi connectivity index (χ4n) is 1.63. The predicted molar refractivity (Wildman–Crippen MR) is 64.1 cm³/mol. The van der Waals surface area contributed by atoms with E-state index in [4.69, 9.17) is 5.26 Å². The number of hydrogen-bond acceptors (Lipinski definition) is 4. The van der Waals surface area contributed by atoms with E-state index < -0.39 is 5.82 Å². The Bertz CT molecular complexity index is 584. The fraction of sp³-hybridized carbons (Fsp3) is 0.250. The predicted octanol–water partition coefficient (Wildman–Crippen LogP) is 1.92. The van der Waals surface area contributed by atoms with Crippen LogP contribution in [0, 0.1) is 17.1 Å². The molecule has 0 amide bonds. The molecule has 0 aliphatic carbocycles. The zero-order chi connectivity index (χ0) is 13.0. The van der Waals surface area contributed by atoms with Crippen LogP contribution in [0.2, 0.25) is 0 Å². The summed E-state index contributed by atoms with van der Waals surface area (Å²) in [7, 11) is 0. The van der Waals surface area contributed by atoms with E-state index >= 15 is 0 Å². The molecular formula is C12H12FN5. The Kier molecular flexibility index (Phi) is 3.53. The first-order chi connectivity index (χ1) is 8.74. The summed E-state index contributed by atoms with van der Waals surface area (Å²) in [6, 6.07) is 6.01. The van der Waals surface area contributed by atoms with Gasteiger partial charge in [0.2, 0.25) is 0 Å². The Labute approximate surface area is 104 Å². The summed E-state index contributed by atoms with van der Waals surface area (Å²) in [5.41, 5.74) is 0.863. The van der Waals surface area contributed by atoms with E-state index in [1.54, 1.807) is 10.7 Å². The van der Waals surface area contributed by atoms with Gasteiger partial charge in [0.1, 0.15) is 24.0 Å². The number of nitrogens with one attached hydrogen (secondary N) is 1. The van der Waals surface area contributed by atoms with Gasteiger partial charge in [-0.25, -0.2) is 14.1 Å². The molecule has 2 rings (SSSR count). The van der Waals surface area contributed by atoms with E-state index in [9.17, 15) is 4.39 Å². The highest BCUT2D eigenvalue weighted by molar-refractivity contribution is 5.57. The topological polar surface area (TPSA) is 66.5 Å². The van der Waals surface area contributed by atoms with Crippen molar-refractivity contribution in [2.45, 2.75) is 20.0 Å². The minimum absolute atomic E-state index is 0.276. The second kappa shape index (κ2) is 5.27. The average Bonchev–Trinajstić information content (AvgIpc) is 2.84. The van der Waals surface area contributed by atoms with Gasteiger partial charge in [-0.3, -0.25) is 0 Å². The summed E-state index contributed by atoms with van der Waals surface area (Å²) in [5.74, 6) is 0.347. The summed E-state index contributed by atoms with van der Waals surface area (Å²) >= 11 is 0. The third-order valence-corrected chi connectivity index (χ3v) is 2.53. The molecule has 2 aromatic rings. The van der Waals surface area contributed by atoms with Crippen LogP contribution in [0.3, 0.4) is 0 Å². The summed E-state index contributed by atoms with van der Waals surface area (Å²) in [4.78, 5) is 4.11. The Balaban J connectivity index is 2.14. The molecular weight excluding hydrogens is 233 g/mol. The first kappa shape index (κ1) is 12.0. The molecule has 1 aromatic carbocycles. The molecule has 0 aliphatic heterocycles. The minimum Gasteiger partial charge on any atom is -0.377 e. The molecule has 5 nitrogen and oxygen atoms in total. The van der Waals surface area contributed by atoms with Gasteiger partial charge in [0.15, 0.2) is 0 Å². The SMILES string of the molecule is CCn1ncnc1CNc1ccc(F)cc1C#N. The van der Waals surface area contributed by atoms with Crippen LogP contribution in [0.25, 0.3) is 0 Å². The van der Waals surface area contributed by atoms with Crippen molar-refractivity contribution in [2.24, 2.45) is 0 Å². The zero-order valence-corrected chi connectivity index (χ0v) is 9.89. The quantitative estimate of drug-likeness (QED) is 0.893. The molecule has 0 bridgehead atoms. The number of anilines is 1. The Hall–Kier alpha value is -2.42. The first-order valence-corrected chi connectivity index (χ1v) is 5.54. The summed E-state index contributed by atoms with van der Waals surface area (Å²) in [5, 5.41) is 16.0. The lowest BCUT2D eigenvalue weighted by atomic mass is 10.2. The number of rotatable bonds is 4. The normalized spacial score (nSPS) is 10.1. The third kappa shape index (κ3) is 2.46. The van der Waals surface area contributed by atoms with Crippen LogP contribution in [0.5, 0.6) is 0 Å². The van der Waals surface area contributed by atoms with Gasteiger partial charge in [-0.2, -0.15) is 10.4 Å². The first-order valence-electron chi connectivity index (χ1n) is 5.54. The van der Waals surface area contributed by atoms with Crippen LogP contribution in [-0.2, 0) is 13.1 Å². The van der Waals surface area contributed by atoms with Gasteiger partial charge in [-0.05, 0) is 25.1 Å². The number of aryl methyl sites for hydroxylation is 1. The van der Waals surface area contributed by atoms with E-state index in [0.717, 1.165) is 12.4 Å². The summed E-state index contributed by atoms with van der Waals surface area (Å²) in [6.07, 6.45) is 1.48. The molecule has 0 atom stereocenters. The van der Waals surface area contributed by atoms with E-state index in [-0.39, 0.29) is 5.56 Å². The van der Waals surface area contributed by atoms with Gasteiger partial charge in [0, 0.05) is 6.54 Å². The zero-order valence-electron chi connectivity index (χ0n) is 9.89. The lowest BCUT2D eigenvalue weighted by molar-refractivity contribution is 0.621. The van der Waals surface area contributed by atoms with Crippen molar-refractivity contribution in [2.75, 3.05) is 5.32 Å². The Morgan fingerprint density at radius 2 is 2.33 bits per heavy atom. The molecule has 1 N–H and O–H groups in total. The number of halogens is 1. The smallest absolute Gasteiger partial charge is 0.146 e. The second-order valence-corrected chi connectivity index (χ2v) is 3.65. The maximum atomic E-state index is 13.0. The Morgan fingerprint density at radius 3 is 3.06 bits per heavy atom. The molecule has 6 heteroatoms. The Morgan fingerprint density at radius 1 is 1.50 bits per heavy atom. The van der Waals surface area contributed by atoms with Crippen LogP contribution in [0.15, 0.2) is 24.5 Å².